The SMILES string of the molecule is Cc1ccc(CSCC(=O)N2CCN(c3cccc(C(F)(F)F)c3)CC2)cc1. The number of hydrogen-bond donors (Lipinski definition) is 0. The molecular weight excluding hydrogens is 385 g/mol. The molecule has 0 saturated carbocycles. The lowest BCUT2D eigenvalue weighted by Gasteiger charge is -2.36. The van der Waals surface area contributed by atoms with E-state index < -0.39 is 11.7 Å². The smallest absolute Gasteiger partial charge is 0.368 e. The number of anilines is 1. The molecule has 1 aliphatic rings. The zero-order valence-electron chi connectivity index (χ0n) is 15.7. The molecule has 1 aliphatic heterocycles. The van der Waals surface area contributed by atoms with E-state index in [1.807, 2.05) is 11.8 Å². The maximum absolute atomic E-state index is 12.9. The lowest BCUT2D eigenvalue weighted by molar-refractivity contribution is -0.137. The monoisotopic (exact) mass is 408 g/mol. The van der Waals surface area contributed by atoms with E-state index in [1.165, 1.54) is 23.3 Å². The lowest BCUT2D eigenvalue weighted by atomic mass is 10.1. The summed E-state index contributed by atoms with van der Waals surface area (Å²) in [6.45, 7) is 4.17. The molecular formula is C21H23F3N2OS. The van der Waals surface area contributed by atoms with Crippen molar-refractivity contribution < 1.29 is 18.0 Å². The molecule has 0 unspecified atom stereocenters. The van der Waals surface area contributed by atoms with Crippen molar-refractivity contribution in [3.8, 4) is 0 Å². The van der Waals surface area contributed by atoms with Crippen LogP contribution in [-0.4, -0.2) is 42.7 Å². The Morgan fingerprint density at radius 3 is 2.36 bits per heavy atom. The standard InChI is InChI=1S/C21H23F3N2OS/c1-16-5-7-17(8-6-16)14-28-15-20(27)26-11-9-25(10-12-26)19-4-2-3-18(13-19)21(22,23)24/h2-8,13H,9-12,14-15H2,1H3. The fourth-order valence-electron chi connectivity index (χ4n) is 3.12. The highest BCUT2D eigenvalue weighted by atomic mass is 32.2. The summed E-state index contributed by atoms with van der Waals surface area (Å²) in [6, 6.07) is 13.6. The zero-order valence-corrected chi connectivity index (χ0v) is 16.5. The first-order valence-electron chi connectivity index (χ1n) is 9.16. The molecule has 7 heteroatoms. The fourth-order valence-corrected chi connectivity index (χ4v) is 4.01. The number of carbonyl (C=O) groups is 1. The molecule has 1 saturated heterocycles. The van der Waals surface area contributed by atoms with Crippen LogP contribution in [0, 0.1) is 6.92 Å². The van der Waals surface area contributed by atoms with Crippen molar-refractivity contribution in [2.24, 2.45) is 0 Å². The number of piperazine rings is 1. The molecule has 1 heterocycles. The number of alkyl halides is 3. The molecule has 3 rings (SSSR count). The maximum Gasteiger partial charge on any atom is 0.416 e. The highest BCUT2D eigenvalue weighted by Crippen LogP contribution is 2.31. The predicted molar refractivity (Wildman–Crippen MR) is 108 cm³/mol. The first kappa shape index (κ1) is 20.6. The van der Waals surface area contributed by atoms with Crippen molar-refractivity contribution in [3.05, 3.63) is 65.2 Å². The average molecular weight is 408 g/mol. The van der Waals surface area contributed by atoms with Gasteiger partial charge in [-0.2, -0.15) is 13.2 Å². The number of thioether (sulfide) groups is 1. The molecule has 3 nitrogen and oxygen atoms in total. The summed E-state index contributed by atoms with van der Waals surface area (Å²) < 4.78 is 38.7. The van der Waals surface area contributed by atoms with E-state index in [-0.39, 0.29) is 5.91 Å². The Kier molecular flexibility index (Phi) is 6.54. The van der Waals surface area contributed by atoms with Crippen molar-refractivity contribution >= 4 is 23.4 Å². The molecule has 0 spiro atoms. The Morgan fingerprint density at radius 2 is 1.71 bits per heavy atom. The summed E-state index contributed by atoms with van der Waals surface area (Å²) in [5.74, 6) is 1.29. The number of hydrogen-bond acceptors (Lipinski definition) is 3. The molecule has 1 amide bonds. The lowest BCUT2D eigenvalue weighted by Crippen LogP contribution is -2.49. The number of benzene rings is 2. The fraction of sp³-hybridized carbons (Fsp3) is 0.381. The number of halogens is 3. The van der Waals surface area contributed by atoms with Gasteiger partial charge in [-0.05, 0) is 30.7 Å². The van der Waals surface area contributed by atoms with Crippen LogP contribution in [0.3, 0.4) is 0 Å². The third-order valence-corrected chi connectivity index (χ3v) is 5.77. The maximum atomic E-state index is 12.9. The second-order valence-corrected chi connectivity index (χ2v) is 7.88. The average Bonchev–Trinajstić information content (AvgIpc) is 2.69. The van der Waals surface area contributed by atoms with Crippen LogP contribution >= 0.6 is 11.8 Å². The molecule has 0 aliphatic carbocycles. The Labute approximate surface area is 167 Å². The number of carbonyl (C=O) groups excluding carboxylic acids is 1. The molecule has 0 atom stereocenters. The van der Waals surface area contributed by atoms with Gasteiger partial charge in [0.05, 0.1) is 11.3 Å². The molecule has 0 bridgehead atoms. The largest absolute Gasteiger partial charge is 0.416 e. The van der Waals surface area contributed by atoms with Crippen molar-refractivity contribution in [3.63, 3.8) is 0 Å². The Balaban J connectivity index is 1.47. The first-order valence-corrected chi connectivity index (χ1v) is 10.3. The van der Waals surface area contributed by atoms with Gasteiger partial charge in [0.2, 0.25) is 5.91 Å². The molecule has 0 N–H and O–H groups in total. The summed E-state index contributed by atoms with van der Waals surface area (Å²) in [5, 5.41) is 0. The summed E-state index contributed by atoms with van der Waals surface area (Å²) in [7, 11) is 0. The van der Waals surface area contributed by atoms with Gasteiger partial charge in [-0.25, -0.2) is 0 Å². The van der Waals surface area contributed by atoms with Crippen molar-refractivity contribution in [1.82, 2.24) is 4.90 Å². The van der Waals surface area contributed by atoms with Crippen LogP contribution in [0.5, 0.6) is 0 Å². The molecule has 0 aromatic heterocycles. The molecule has 28 heavy (non-hydrogen) atoms. The van der Waals surface area contributed by atoms with Crippen molar-refractivity contribution in [1.29, 1.82) is 0 Å². The van der Waals surface area contributed by atoms with Crippen LogP contribution in [0.1, 0.15) is 16.7 Å². The number of rotatable bonds is 5. The van der Waals surface area contributed by atoms with E-state index in [0.29, 0.717) is 37.6 Å². The summed E-state index contributed by atoms with van der Waals surface area (Å²) >= 11 is 1.59. The summed E-state index contributed by atoms with van der Waals surface area (Å²) in [5.41, 5.74) is 2.31. The molecule has 150 valence electrons. The Morgan fingerprint density at radius 1 is 1.04 bits per heavy atom. The normalized spacial score (nSPS) is 15.0. The second kappa shape index (κ2) is 8.90. The third-order valence-electron chi connectivity index (χ3n) is 4.79. The van der Waals surface area contributed by atoms with E-state index in [0.717, 1.165) is 11.8 Å². The number of amides is 1. The number of aryl methyl sites for hydroxylation is 1. The molecule has 1 fully saturated rings. The van der Waals surface area contributed by atoms with Gasteiger partial charge in [0, 0.05) is 37.6 Å². The predicted octanol–water partition coefficient (Wildman–Crippen LogP) is 4.60. The highest BCUT2D eigenvalue weighted by molar-refractivity contribution is 7.99. The molecule has 0 radical (unpaired) electrons. The third kappa shape index (κ3) is 5.44. The van der Waals surface area contributed by atoms with Crippen molar-refractivity contribution in [2.75, 3.05) is 36.8 Å². The van der Waals surface area contributed by atoms with Gasteiger partial charge in [0.15, 0.2) is 0 Å². The van der Waals surface area contributed by atoms with Crippen molar-refractivity contribution in [2.45, 2.75) is 18.9 Å². The minimum absolute atomic E-state index is 0.0841. The van der Waals surface area contributed by atoms with Gasteiger partial charge in [0.1, 0.15) is 0 Å². The van der Waals surface area contributed by atoms with E-state index in [1.54, 1.807) is 22.7 Å². The van der Waals surface area contributed by atoms with Crippen LogP contribution in [0.15, 0.2) is 48.5 Å². The second-order valence-electron chi connectivity index (χ2n) is 6.89. The van der Waals surface area contributed by atoms with Gasteiger partial charge in [0.25, 0.3) is 0 Å². The summed E-state index contributed by atoms with van der Waals surface area (Å²) in [6.07, 6.45) is -4.34. The first-order chi connectivity index (χ1) is 13.3. The minimum atomic E-state index is -4.34. The van der Waals surface area contributed by atoms with Crippen LogP contribution in [0.2, 0.25) is 0 Å². The van der Waals surface area contributed by atoms with Crippen LogP contribution in [-0.2, 0) is 16.7 Å². The van der Waals surface area contributed by atoms with E-state index in [4.69, 9.17) is 0 Å². The minimum Gasteiger partial charge on any atom is -0.368 e. The Hall–Kier alpha value is -2.15. The van der Waals surface area contributed by atoms with Crippen LogP contribution in [0.4, 0.5) is 18.9 Å². The molecule has 2 aromatic rings. The van der Waals surface area contributed by atoms with Crippen LogP contribution in [0.25, 0.3) is 0 Å². The number of nitrogens with zero attached hydrogens (tertiary/aromatic N) is 2. The van der Waals surface area contributed by atoms with E-state index in [2.05, 4.69) is 24.3 Å². The van der Waals surface area contributed by atoms with Gasteiger partial charge < -0.3 is 9.80 Å². The zero-order chi connectivity index (χ0) is 20.1. The van der Waals surface area contributed by atoms with Gasteiger partial charge in [-0.15, -0.1) is 11.8 Å². The highest BCUT2D eigenvalue weighted by Gasteiger charge is 2.31. The van der Waals surface area contributed by atoms with E-state index >= 15 is 0 Å². The Bertz CT molecular complexity index is 800. The quantitative estimate of drug-likeness (QED) is 0.723. The van der Waals surface area contributed by atoms with Gasteiger partial charge in [-0.1, -0.05) is 35.9 Å². The van der Waals surface area contributed by atoms with Crippen LogP contribution < -0.4 is 4.90 Å². The van der Waals surface area contributed by atoms with Gasteiger partial charge in [-0.3, -0.25) is 4.79 Å². The van der Waals surface area contributed by atoms with Gasteiger partial charge >= 0.3 is 6.18 Å². The van der Waals surface area contributed by atoms with E-state index in [9.17, 15) is 18.0 Å². The molecule has 2 aromatic carbocycles. The summed E-state index contributed by atoms with van der Waals surface area (Å²) in [4.78, 5) is 16.1. The topological polar surface area (TPSA) is 23.6 Å².